The predicted octanol–water partition coefficient (Wildman–Crippen LogP) is 4.72. The van der Waals surface area contributed by atoms with Crippen LogP contribution < -0.4 is 15.6 Å². The van der Waals surface area contributed by atoms with Crippen molar-refractivity contribution in [2.75, 3.05) is 20.3 Å². The number of carbonyl (C=O) groups excluding carboxylic acids is 1. The molecule has 0 fully saturated rings. The first kappa shape index (κ1) is 26.3. The Morgan fingerprint density at radius 2 is 1.81 bits per heavy atom. The first-order valence-electron chi connectivity index (χ1n) is 11.5. The average Bonchev–Trinajstić information content (AvgIpc) is 3.27. The second-order valence-electron chi connectivity index (χ2n) is 8.31. The van der Waals surface area contributed by atoms with Crippen LogP contribution in [0.5, 0.6) is 5.75 Å². The van der Waals surface area contributed by atoms with E-state index in [1.54, 1.807) is 7.05 Å². The van der Waals surface area contributed by atoms with Crippen molar-refractivity contribution in [3.63, 3.8) is 0 Å². The maximum absolute atomic E-state index is 13.7. The highest BCUT2D eigenvalue weighted by Gasteiger charge is 2.53. The van der Waals surface area contributed by atoms with Gasteiger partial charge in [0.05, 0.1) is 6.61 Å². The number of rotatable bonds is 10. The number of aliphatic imine (C=N–C) groups is 1. The lowest BCUT2D eigenvalue weighted by Crippen LogP contribution is -2.53. The van der Waals surface area contributed by atoms with Crippen molar-refractivity contribution in [2.45, 2.75) is 24.5 Å². The molecule has 9 heteroatoms. The van der Waals surface area contributed by atoms with E-state index in [0.29, 0.717) is 31.1 Å². The molecule has 2 atom stereocenters. The third-order valence-electron chi connectivity index (χ3n) is 5.86. The molecule has 0 radical (unpaired) electrons. The monoisotopic (exact) mass is 615 g/mol. The SMILES string of the molecule is CNNC(=O)[C@@]1(Cc2ccccc2Br)N=C(c2ccc(OCCCO)cc2)O[C@H]1c1ccc(Br)cc1. The topological polar surface area (TPSA) is 92.2 Å². The molecule has 36 heavy (non-hydrogen) atoms. The summed E-state index contributed by atoms with van der Waals surface area (Å²) in [5.74, 6) is 0.762. The minimum absolute atomic E-state index is 0.0778. The lowest BCUT2D eigenvalue weighted by Gasteiger charge is -2.31. The molecular formula is C27H27Br2N3O4. The summed E-state index contributed by atoms with van der Waals surface area (Å²) in [6.07, 6.45) is 0.209. The number of hydrogen-bond donors (Lipinski definition) is 3. The molecule has 1 aliphatic heterocycles. The number of halogens is 2. The molecule has 1 heterocycles. The van der Waals surface area contributed by atoms with E-state index in [9.17, 15) is 4.79 Å². The normalized spacial score (nSPS) is 18.9. The fourth-order valence-corrected chi connectivity index (χ4v) is 4.76. The summed E-state index contributed by atoms with van der Waals surface area (Å²) < 4.78 is 13.9. The number of hydrazine groups is 1. The van der Waals surface area contributed by atoms with Gasteiger partial charge in [-0.3, -0.25) is 10.2 Å². The summed E-state index contributed by atoms with van der Waals surface area (Å²) in [5.41, 5.74) is 6.74. The van der Waals surface area contributed by atoms with Gasteiger partial charge in [0, 0.05) is 41.0 Å². The van der Waals surface area contributed by atoms with Gasteiger partial charge in [-0.05, 0) is 53.6 Å². The first-order valence-corrected chi connectivity index (χ1v) is 13.1. The lowest BCUT2D eigenvalue weighted by atomic mass is 9.82. The molecule has 0 aliphatic carbocycles. The molecule has 7 nitrogen and oxygen atoms in total. The van der Waals surface area contributed by atoms with E-state index in [1.807, 2.05) is 72.8 Å². The van der Waals surface area contributed by atoms with Crippen LogP contribution in [0.25, 0.3) is 0 Å². The van der Waals surface area contributed by atoms with Gasteiger partial charge in [0.2, 0.25) is 5.90 Å². The summed E-state index contributed by atoms with van der Waals surface area (Å²) in [5, 5.41) is 8.97. The Hall–Kier alpha value is -2.72. The number of hydrogen-bond acceptors (Lipinski definition) is 6. The Bertz CT molecular complexity index is 1220. The van der Waals surface area contributed by atoms with Gasteiger partial charge in [0.15, 0.2) is 11.6 Å². The van der Waals surface area contributed by atoms with Crippen molar-refractivity contribution in [1.29, 1.82) is 0 Å². The quantitative estimate of drug-likeness (QED) is 0.226. The molecule has 0 bridgehead atoms. The molecule has 1 amide bonds. The summed E-state index contributed by atoms with van der Waals surface area (Å²) in [7, 11) is 1.65. The number of benzene rings is 3. The zero-order chi connectivity index (χ0) is 25.5. The van der Waals surface area contributed by atoms with Gasteiger partial charge >= 0.3 is 0 Å². The Kier molecular flexibility index (Phi) is 8.79. The van der Waals surface area contributed by atoms with Crippen molar-refractivity contribution in [2.24, 2.45) is 4.99 Å². The number of nitrogens with zero attached hydrogens (tertiary/aromatic N) is 1. The van der Waals surface area contributed by atoms with Crippen molar-refractivity contribution in [3.8, 4) is 5.75 Å². The third kappa shape index (κ3) is 5.81. The second-order valence-corrected chi connectivity index (χ2v) is 10.1. The van der Waals surface area contributed by atoms with E-state index in [0.717, 1.165) is 25.6 Å². The maximum Gasteiger partial charge on any atom is 0.266 e. The molecule has 0 saturated heterocycles. The van der Waals surface area contributed by atoms with Gasteiger partial charge in [-0.2, -0.15) is 0 Å². The molecule has 3 N–H and O–H groups in total. The predicted molar refractivity (Wildman–Crippen MR) is 146 cm³/mol. The highest BCUT2D eigenvalue weighted by molar-refractivity contribution is 9.10. The van der Waals surface area contributed by atoms with Crippen LogP contribution in [0.15, 0.2) is 86.7 Å². The molecular weight excluding hydrogens is 590 g/mol. The summed E-state index contributed by atoms with van der Waals surface area (Å²) in [4.78, 5) is 18.7. The highest BCUT2D eigenvalue weighted by atomic mass is 79.9. The lowest BCUT2D eigenvalue weighted by molar-refractivity contribution is -0.129. The summed E-state index contributed by atoms with van der Waals surface area (Å²) in [6, 6.07) is 22.9. The number of aliphatic hydroxyl groups excluding tert-OH is 1. The second kappa shape index (κ2) is 12.0. The van der Waals surface area contributed by atoms with Crippen molar-refractivity contribution >= 4 is 43.7 Å². The van der Waals surface area contributed by atoms with Crippen LogP contribution in [0.2, 0.25) is 0 Å². The Balaban J connectivity index is 1.77. The van der Waals surface area contributed by atoms with Gasteiger partial charge in [0.1, 0.15) is 5.75 Å². The van der Waals surface area contributed by atoms with E-state index < -0.39 is 11.6 Å². The molecule has 0 unspecified atom stereocenters. The number of ether oxygens (including phenoxy) is 2. The number of amides is 1. The first-order chi connectivity index (χ1) is 17.5. The van der Waals surface area contributed by atoms with Gasteiger partial charge in [0.25, 0.3) is 5.91 Å². The standard InChI is InChI=1S/C27H27Br2N3O4/c1-30-32-26(34)27(17-20-5-2-3-6-23(20)29)24(18-7-11-21(28)12-8-18)36-25(31-27)19-9-13-22(14-10-19)35-16-4-15-33/h2-3,5-14,24,30,33H,4,15-17H2,1H3,(H,32,34)/t24-,27-/m0/s1. The Morgan fingerprint density at radius 1 is 1.08 bits per heavy atom. The Morgan fingerprint density at radius 3 is 2.47 bits per heavy atom. The van der Waals surface area contributed by atoms with Crippen LogP contribution >= 0.6 is 31.9 Å². The summed E-state index contributed by atoms with van der Waals surface area (Å²) in [6.45, 7) is 0.507. The van der Waals surface area contributed by atoms with Crippen LogP contribution in [-0.2, 0) is 16.0 Å². The van der Waals surface area contributed by atoms with E-state index in [4.69, 9.17) is 19.6 Å². The van der Waals surface area contributed by atoms with Crippen molar-refractivity contribution < 1.29 is 19.4 Å². The highest BCUT2D eigenvalue weighted by Crippen LogP contribution is 2.43. The van der Waals surface area contributed by atoms with Crippen LogP contribution in [0.3, 0.4) is 0 Å². The molecule has 188 valence electrons. The van der Waals surface area contributed by atoms with E-state index >= 15 is 0 Å². The number of aliphatic hydroxyl groups is 1. The van der Waals surface area contributed by atoms with Gasteiger partial charge in [-0.25, -0.2) is 10.4 Å². The molecule has 1 aliphatic rings. The van der Waals surface area contributed by atoms with Crippen LogP contribution in [0.1, 0.15) is 29.2 Å². The van der Waals surface area contributed by atoms with Crippen LogP contribution in [-0.4, -0.2) is 42.7 Å². The number of nitrogens with one attached hydrogen (secondary N) is 2. The van der Waals surface area contributed by atoms with E-state index in [-0.39, 0.29) is 12.5 Å². The smallest absolute Gasteiger partial charge is 0.266 e. The molecule has 0 saturated carbocycles. The van der Waals surface area contributed by atoms with Crippen LogP contribution in [0, 0.1) is 0 Å². The van der Waals surface area contributed by atoms with Gasteiger partial charge in [-0.1, -0.05) is 62.2 Å². The van der Waals surface area contributed by atoms with Crippen molar-refractivity contribution in [3.05, 3.63) is 98.4 Å². The van der Waals surface area contributed by atoms with E-state index in [1.165, 1.54) is 0 Å². The molecule has 0 spiro atoms. The zero-order valence-corrected chi connectivity index (χ0v) is 22.9. The maximum atomic E-state index is 13.7. The van der Waals surface area contributed by atoms with Crippen molar-refractivity contribution in [1.82, 2.24) is 10.9 Å². The number of carbonyl (C=O) groups is 1. The van der Waals surface area contributed by atoms with Crippen LogP contribution in [0.4, 0.5) is 0 Å². The molecule has 4 rings (SSSR count). The minimum atomic E-state index is -1.27. The van der Waals surface area contributed by atoms with Gasteiger partial charge in [-0.15, -0.1) is 0 Å². The zero-order valence-electron chi connectivity index (χ0n) is 19.7. The minimum Gasteiger partial charge on any atom is -0.494 e. The largest absolute Gasteiger partial charge is 0.494 e. The molecule has 3 aromatic carbocycles. The average molecular weight is 617 g/mol. The summed E-state index contributed by atoms with van der Waals surface area (Å²) >= 11 is 7.11. The Labute approximate surface area is 227 Å². The van der Waals surface area contributed by atoms with Gasteiger partial charge < -0.3 is 14.6 Å². The fourth-order valence-electron chi connectivity index (χ4n) is 4.07. The molecule has 0 aromatic heterocycles. The van der Waals surface area contributed by atoms with E-state index in [2.05, 4.69) is 42.7 Å². The third-order valence-corrected chi connectivity index (χ3v) is 7.16. The fraction of sp³-hybridized carbons (Fsp3) is 0.259. The molecule has 3 aromatic rings.